The number of fused-ring (bicyclic) bond motifs is 5. The van der Waals surface area contributed by atoms with Gasteiger partial charge in [-0.25, -0.2) is 0 Å². The molecule has 3 fully saturated rings. The lowest BCUT2D eigenvalue weighted by Crippen LogP contribution is -2.50. The van der Waals surface area contributed by atoms with E-state index >= 15 is 0 Å². The fourth-order valence-corrected chi connectivity index (χ4v) is 7.92. The summed E-state index contributed by atoms with van der Waals surface area (Å²) in [5.74, 6) is 3.56. The van der Waals surface area contributed by atoms with Crippen molar-refractivity contribution in [2.24, 2.45) is 34.5 Å². The van der Waals surface area contributed by atoms with Gasteiger partial charge in [0.2, 0.25) is 0 Å². The van der Waals surface area contributed by atoms with E-state index in [4.69, 9.17) is 0 Å². The van der Waals surface area contributed by atoms with Crippen molar-refractivity contribution in [3.8, 4) is 0 Å². The monoisotopic (exact) mass is 342 g/mol. The third-order valence-electron chi connectivity index (χ3n) is 9.16. The highest BCUT2D eigenvalue weighted by atomic mass is 16.3. The van der Waals surface area contributed by atoms with E-state index in [1.165, 1.54) is 51.4 Å². The highest BCUT2D eigenvalue weighted by Gasteiger charge is 2.58. The minimum absolute atomic E-state index is 0.175. The van der Waals surface area contributed by atoms with Crippen LogP contribution in [0.3, 0.4) is 0 Å². The van der Waals surface area contributed by atoms with E-state index in [0.29, 0.717) is 10.8 Å². The van der Waals surface area contributed by atoms with Crippen LogP contribution < -0.4 is 0 Å². The van der Waals surface area contributed by atoms with Gasteiger partial charge in [0.05, 0.1) is 6.10 Å². The number of allylic oxidation sites excluding steroid dienone is 3. The molecule has 0 spiro atoms. The van der Waals surface area contributed by atoms with Gasteiger partial charge in [-0.05, 0) is 99.2 Å². The third kappa shape index (κ3) is 2.59. The molecule has 140 valence electrons. The van der Waals surface area contributed by atoms with Crippen LogP contribution in [0.1, 0.15) is 85.5 Å². The maximum atomic E-state index is 10.1. The topological polar surface area (TPSA) is 20.2 Å². The predicted molar refractivity (Wildman–Crippen MR) is 105 cm³/mol. The molecule has 4 aliphatic rings. The second kappa shape index (κ2) is 6.25. The standard InChI is InChI=1S/C24H38O/c1-5-6-16(2)20-9-10-21-19-8-7-17-15-18(25)11-13-23(17,3)22(19)12-14-24(20,21)4/h6,15,18-22,25H,5,7-14H2,1-4H3/b16-6+/t18?,19?,20?,21?,22?,23-,24+/m0/s1. The first-order valence-electron chi connectivity index (χ1n) is 11.0. The average Bonchev–Trinajstić information content (AvgIpc) is 2.93. The fraction of sp³-hybridized carbons (Fsp3) is 0.833. The second-order valence-electron chi connectivity index (χ2n) is 10.2. The second-order valence-corrected chi connectivity index (χ2v) is 10.2. The van der Waals surface area contributed by atoms with Crippen LogP contribution >= 0.6 is 0 Å². The molecule has 25 heavy (non-hydrogen) atoms. The van der Waals surface area contributed by atoms with Crippen LogP contribution in [0.5, 0.6) is 0 Å². The van der Waals surface area contributed by atoms with Crippen LogP contribution in [0.25, 0.3) is 0 Å². The van der Waals surface area contributed by atoms with Crippen LogP contribution in [0, 0.1) is 34.5 Å². The Balaban J connectivity index is 1.62. The molecule has 0 bridgehead atoms. The zero-order valence-corrected chi connectivity index (χ0v) is 16.9. The van der Waals surface area contributed by atoms with E-state index < -0.39 is 0 Å². The fourth-order valence-electron chi connectivity index (χ4n) is 7.92. The van der Waals surface area contributed by atoms with Crippen LogP contribution in [-0.4, -0.2) is 11.2 Å². The van der Waals surface area contributed by atoms with Gasteiger partial charge in [-0.15, -0.1) is 0 Å². The van der Waals surface area contributed by atoms with E-state index in [1.807, 2.05) is 0 Å². The van der Waals surface area contributed by atoms with Gasteiger partial charge in [0.15, 0.2) is 0 Å². The van der Waals surface area contributed by atoms with Crippen LogP contribution in [0.4, 0.5) is 0 Å². The molecule has 0 radical (unpaired) electrons. The number of hydrogen-bond donors (Lipinski definition) is 1. The van der Waals surface area contributed by atoms with Gasteiger partial charge in [-0.2, -0.15) is 0 Å². The first-order valence-corrected chi connectivity index (χ1v) is 11.0. The normalized spacial score (nSPS) is 49.9. The minimum Gasteiger partial charge on any atom is -0.389 e. The molecule has 5 unspecified atom stereocenters. The Morgan fingerprint density at radius 2 is 1.92 bits per heavy atom. The number of hydrogen-bond acceptors (Lipinski definition) is 1. The van der Waals surface area contributed by atoms with E-state index in [-0.39, 0.29) is 6.10 Å². The molecule has 3 saturated carbocycles. The molecule has 7 atom stereocenters. The lowest BCUT2D eigenvalue weighted by Gasteiger charge is -2.58. The number of rotatable bonds is 2. The van der Waals surface area contributed by atoms with Gasteiger partial charge in [-0.1, -0.05) is 44.1 Å². The lowest BCUT2D eigenvalue weighted by molar-refractivity contribution is -0.0508. The first-order chi connectivity index (χ1) is 11.9. The van der Waals surface area contributed by atoms with Crippen LogP contribution in [0.2, 0.25) is 0 Å². The van der Waals surface area contributed by atoms with Gasteiger partial charge < -0.3 is 5.11 Å². The van der Waals surface area contributed by atoms with Crippen molar-refractivity contribution in [3.63, 3.8) is 0 Å². The molecule has 1 nitrogen and oxygen atoms in total. The summed E-state index contributed by atoms with van der Waals surface area (Å²) in [7, 11) is 0. The Morgan fingerprint density at radius 3 is 2.68 bits per heavy atom. The molecule has 4 aliphatic carbocycles. The SMILES string of the molecule is CC/C=C(\C)C1CCC2C3CCC4=CC(O)CC[C@]4(C)C3CC[C@]12C. The average molecular weight is 343 g/mol. The molecule has 0 aromatic rings. The minimum atomic E-state index is -0.175. The molecular weight excluding hydrogens is 304 g/mol. The third-order valence-corrected chi connectivity index (χ3v) is 9.16. The summed E-state index contributed by atoms with van der Waals surface area (Å²) in [5.41, 5.74) is 4.21. The van der Waals surface area contributed by atoms with E-state index in [9.17, 15) is 5.11 Å². The zero-order chi connectivity index (χ0) is 17.8. The summed E-state index contributed by atoms with van der Waals surface area (Å²) in [6.07, 6.45) is 16.3. The van der Waals surface area contributed by atoms with Gasteiger partial charge in [0, 0.05) is 0 Å². The quantitative estimate of drug-likeness (QED) is 0.585. The molecule has 0 heterocycles. The zero-order valence-electron chi connectivity index (χ0n) is 16.9. The lowest BCUT2D eigenvalue weighted by atomic mass is 9.46. The van der Waals surface area contributed by atoms with Gasteiger partial charge in [0.25, 0.3) is 0 Å². The number of aliphatic hydroxyl groups excluding tert-OH is 1. The smallest absolute Gasteiger partial charge is 0.0724 e. The van der Waals surface area contributed by atoms with Crippen molar-refractivity contribution in [2.75, 3.05) is 0 Å². The Bertz CT molecular complexity index is 587. The molecule has 1 N–H and O–H groups in total. The Labute approximate surface area is 155 Å². The molecule has 0 aliphatic heterocycles. The van der Waals surface area contributed by atoms with Crippen molar-refractivity contribution in [1.29, 1.82) is 0 Å². The molecule has 0 saturated heterocycles. The van der Waals surface area contributed by atoms with Crippen molar-refractivity contribution in [2.45, 2.75) is 91.6 Å². The maximum absolute atomic E-state index is 10.1. The van der Waals surface area contributed by atoms with Crippen molar-refractivity contribution >= 4 is 0 Å². The van der Waals surface area contributed by atoms with E-state index in [2.05, 4.69) is 39.8 Å². The summed E-state index contributed by atoms with van der Waals surface area (Å²) < 4.78 is 0. The molecule has 4 rings (SSSR count). The Morgan fingerprint density at radius 1 is 1.12 bits per heavy atom. The summed E-state index contributed by atoms with van der Waals surface area (Å²) >= 11 is 0. The Kier molecular flexibility index (Phi) is 4.46. The number of aliphatic hydroxyl groups is 1. The summed E-state index contributed by atoms with van der Waals surface area (Å²) in [5, 5.41) is 10.1. The highest BCUT2D eigenvalue weighted by Crippen LogP contribution is 2.67. The highest BCUT2D eigenvalue weighted by molar-refractivity contribution is 5.26. The predicted octanol–water partition coefficient (Wildman–Crippen LogP) is 6.28. The van der Waals surface area contributed by atoms with E-state index in [0.717, 1.165) is 30.1 Å². The van der Waals surface area contributed by atoms with E-state index in [1.54, 1.807) is 11.1 Å². The van der Waals surface area contributed by atoms with Crippen molar-refractivity contribution < 1.29 is 5.11 Å². The van der Waals surface area contributed by atoms with Gasteiger partial charge >= 0.3 is 0 Å². The summed E-state index contributed by atoms with van der Waals surface area (Å²) in [6, 6.07) is 0. The molecule has 0 amide bonds. The largest absolute Gasteiger partial charge is 0.389 e. The maximum Gasteiger partial charge on any atom is 0.0724 e. The Hall–Kier alpha value is -0.560. The van der Waals surface area contributed by atoms with Crippen LogP contribution in [-0.2, 0) is 0 Å². The molecular formula is C24H38O. The molecule has 0 aromatic heterocycles. The molecule has 0 aromatic carbocycles. The van der Waals surface area contributed by atoms with Crippen molar-refractivity contribution in [1.82, 2.24) is 0 Å². The van der Waals surface area contributed by atoms with Crippen molar-refractivity contribution in [3.05, 3.63) is 23.3 Å². The van der Waals surface area contributed by atoms with Gasteiger partial charge in [-0.3, -0.25) is 0 Å². The molecule has 1 heteroatoms. The van der Waals surface area contributed by atoms with Gasteiger partial charge in [0.1, 0.15) is 0 Å². The first kappa shape index (κ1) is 17.8. The summed E-state index contributed by atoms with van der Waals surface area (Å²) in [6.45, 7) is 9.86. The van der Waals surface area contributed by atoms with Crippen LogP contribution in [0.15, 0.2) is 23.3 Å². The summed E-state index contributed by atoms with van der Waals surface area (Å²) in [4.78, 5) is 0.